The van der Waals surface area contributed by atoms with Gasteiger partial charge in [0.1, 0.15) is 10.7 Å². The van der Waals surface area contributed by atoms with E-state index in [1.165, 1.54) is 12.1 Å². The predicted molar refractivity (Wildman–Crippen MR) is 100 cm³/mol. The number of halogens is 1. The number of anilines is 1. The topological polar surface area (TPSA) is 127 Å². The molecule has 2 amide bonds. The van der Waals surface area contributed by atoms with Crippen LogP contribution in [0.15, 0.2) is 35.0 Å². The quantitative estimate of drug-likeness (QED) is 0.260. The molecule has 0 aromatic heterocycles. The summed E-state index contributed by atoms with van der Waals surface area (Å²) in [6.45, 7) is 0.177. The van der Waals surface area contributed by atoms with Gasteiger partial charge in [-0.3, -0.25) is 19.3 Å². The van der Waals surface area contributed by atoms with Crippen LogP contribution < -0.4 is 10.8 Å². The normalized spacial score (nSPS) is 14.1. The first-order chi connectivity index (χ1) is 12.8. The van der Waals surface area contributed by atoms with Crippen LogP contribution >= 0.6 is 11.6 Å². The smallest absolute Gasteiger partial charge is 0.481 e. The summed E-state index contributed by atoms with van der Waals surface area (Å²) in [5.41, 5.74) is 0.296. The van der Waals surface area contributed by atoms with E-state index in [4.69, 9.17) is 16.7 Å². The highest BCUT2D eigenvalue weighted by molar-refractivity contribution is 6.60. The van der Waals surface area contributed by atoms with E-state index in [1.54, 1.807) is 12.1 Å². The van der Waals surface area contributed by atoms with Gasteiger partial charge in [-0.05, 0) is 18.9 Å². The molecule has 0 atom stereocenters. The maximum atomic E-state index is 12.5. The van der Waals surface area contributed by atoms with Crippen LogP contribution in [-0.4, -0.2) is 51.5 Å². The van der Waals surface area contributed by atoms with Crippen molar-refractivity contribution in [3.8, 4) is 0 Å². The van der Waals surface area contributed by atoms with Gasteiger partial charge in [-0.1, -0.05) is 42.6 Å². The van der Waals surface area contributed by atoms with Crippen molar-refractivity contribution < 1.29 is 29.5 Å². The van der Waals surface area contributed by atoms with Gasteiger partial charge in [0.05, 0.1) is 0 Å². The molecule has 2 rings (SSSR count). The highest BCUT2D eigenvalue weighted by Gasteiger charge is 2.37. The molecule has 0 aliphatic carbocycles. The molecule has 1 aromatic rings. The van der Waals surface area contributed by atoms with Gasteiger partial charge in [0.15, 0.2) is 0 Å². The van der Waals surface area contributed by atoms with Gasteiger partial charge in [0.2, 0.25) is 0 Å². The Bertz CT molecular complexity index is 768. The Morgan fingerprint density at radius 2 is 1.74 bits per heavy atom. The fourth-order valence-electron chi connectivity index (χ4n) is 2.73. The molecule has 8 nitrogen and oxygen atoms in total. The fourth-order valence-corrected chi connectivity index (χ4v) is 2.96. The lowest BCUT2D eigenvalue weighted by molar-refractivity contribution is -0.138. The Labute approximate surface area is 161 Å². The average molecular weight is 395 g/mol. The van der Waals surface area contributed by atoms with Crippen molar-refractivity contribution in [2.75, 3.05) is 11.9 Å². The lowest BCUT2D eigenvalue weighted by Gasteiger charge is -2.15. The molecule has 144 valence electrons. The number of aliphatic carboxylic acids is 1. The third-order valence-electron chi connectivity index (χ3n) is 4.13. The highest BCUT2D eigenvalue weighted by Crippen LogP contribution is 2.25. The number of carboxylic acid groups (broad SMARTS) is 1. The maximum absolute atomic E-state index is 12.5. The standard InChI is InChI=1S/C17H20BClN2O6/c19-14-15(20-12-8-5-4-7-11(12)18(26)27)17(25)21(16(14)24)10-6-2-1-3-9-13(22)23/h4-5,7-8,20,26-27H,1-3,6,9-10H2,(H,22,23). The van der Waals surface area contributed by atoms with Gasteiger partial charge in [-0.2, -0.15) is 0 Å². The second kappa shape index (κ2) is 9.54. The van der Waals surface area contributed by atoms with Gasteiger partial charge in [0, 0.05) is 24.1 Å². The second-order valence-electron chi connectivity index (χ2n) is 6.09. The van der Waals surface area contributed by atoms with E-state index < -0.39 is 24.9 Å². The van der Waals surface area contributed by atoms with Crippen LogP contribution in [0.25, 0.3) is 0 Å². The van der Waals surface area contributed by atoms with Crippen molar-refractivity contribution in [3.63, 3.8) is 0 Å². The van der Waals surface area contributed by atoms with E-state index in [0.29, 0.717) is 25.7 Å². The summed E-state index contributed by atoms with van der Waals surface area (Å²) in [4.78, 5) is 36.2. The van der Waals surface area contributed by atoms with Crippen LogP contribution in [0, 0.1) is 0 Å². The second-order valence-corrected chi connectivity index (χ2v) is 6.47. The molecule has 0 bridgehead atoms. The summed E-state index contributed by atoms with van der Waals surface area (Å²) in [5.74, 6) is -2.05. The van der Waals surface area contributed by atoms with E-state index in [2.05, 4.69) is 5.32 Å². The highest BCUT2D eigenvalue weighted by atomic mass is 35.5. The minimum atomic E-state index is -1.75. The van der Waals surface area contributed by atoms with Crippen molar-refractivity contribution >= 4 is 47.7 Å². The number of nitrogens with one attached hydrogen (secondary N) is 1. The van der Waals surface area contributed by atoms with E-state index in [1.807, 2.05) is 0 Å². The third-order valence-corrected chi connectivity index (χ3v) is 4.48. The molecule has 4 N–H and O–H groups in total. The monoisotopic (exact) mass is 394 g/mol. The van der Waals surface area contributed by atoms with Gasteiger partial charge >= 0.3 is 13.1 Å². The summed E-state index contributed by atoms with van der Waals surface area (Å²) in [6.07, 6.45) is 2.56. The number of imide groups is 1. The van der Waals surface area contributed by atoms with E-state index in [9.17, 15) is 24.4 Å². The molecule has 0 saturated carbocycles. The molecule has 0 unspecified atom stereocenters. The van der Waals surface area contributed by atoms with E-state index >= 15 is 0 Å². The molecule has 27 heavy (non-hydrogen) atoms. The predicted octanol–water partition coefficient (Wildman–Crippen LogP) is 0.633. The molecule has 0 fully saturated rings. The van der Waals surface area contributed by atoms with Crippen molar-refractivity contribution in [2.24, 2.45) is 0 Å². The van der Waals surface area contributed by atoms with Crippen LogP contribution in [-0.2, 0) is 14.4 Å². The van der Waals surface area contributed by atoms with Crippen molar-refractivity contribution in [2.45, 2.75) is 32.1 Å². The molecule has 10 heteroatoms. The van der Waals surface area contributed by atoms with Crippen molar-refractivity contribution in [1.29, 1.82) is 0 Å². The summed E-state index contributed by atoms with van der Waals surface area (Å²) >= 11 is 6.01. The molecule has 0 saturated heterocycles. The number of rotatable bonds is 10. The molecule has 1 aliphatic rings. The summed E-state index contributed by atoms with van der Waals surface area (Å²) in [7, 11) is -1.75. The molecule has 1 aromatic carbocycles. The zero-order valence-corrected chi connectivity index (χ0v) is 15.3. The molecule has 1 aliphatic heterocycles. The van der Waals surface area contributed by atoms with Crippen LogP contribution in [0.2, 0.25) is 0 Å². The van der Waals surface area contributed by atoms with Crippen molar-refractivity contribution in [3.05, 3.63) is 35.0 Å². The summed E-state index contributed by atoms with van der Waals surface area (Å²) in [5, 5.41) is 29.9. The van der Waals surface area contributed by atoms with Gasteiger partial charge in [0.25, 0.3) is 11.8 Å². The van der Waals surface area contributed by atoms with Crippen LogP contribution in [0.1, 0.15) is 32.1 Å². The number of amides is 2. The Kier molecular flexibility index (Phi) is 7.40. The minimum absolute atomic E-state index is 0.0964. The summed E-state index contributed by atoms with van der Waals surface area (Å²) in [6, 6.07) is 6.25. The largest absolute Gasteiger partial charge is 0.490 e. The first-order valence-corrected chi connectivity index (χ1v) is 8.90. The molecule has 1 heterocycles. The van der Waals surface area contributed by atoms with Gasteiger partial charge in [-0.25, -0.2) is 0 Å². The maximum Gasteiger partial charge on any atom is 0.490 e. The Hall–Kier alpha value is -2.36. The molecular weight excluding hydrogens is 374 g/mol. The Balaban J connectivity index is 1.97. The van der Waals surface area contributed by atoms with Crippen LogP contribution in [0.5, 0.6) is 0 Å². The SMILES string of the molecule is O=C(O)CCCCCCN1C(=O)C(Cl)=C(Nc2ccccc2B(O)O)C1=O. The number of carbonyl (C=O) groups excluding carboxylic acids is 2. The number of benzene rings is 1. The lowest BCUT2D eigenvalue weighted by atomic mass is 9.79. The molecular formula is C17H20BClN2O6. The number of para-hydroxylation sites is 1. The van der Waals surface area contributed by atoms with Crippen LogP contribution in [0.4, 0.5) is 5.69 Å². The zero-order valence-electron chi connectivity index (χ0n) is 14.5. The fraction of sp³-hybridized carbons (Fsp3) is 0.353. The Morgan fingerprint density at radius 3 is 2.41 bits per heavy atom. The average Bonchev–Trinajstić information content (AvgIpc) is 2.82. The van der Waals surface area contributed by atoms with Crippen LogP contribution in [0.3, 0.4) is 0 Å². The number of nitrogens with zero attached hydrogens (tertiary/aromatic N) is 1. The lowest BCUT2D eigenvalue weighted by Crippen LogP contribution is -2.35. The molecule has 0 spiro atoms. The molecule has 0 radical (unpaired) electrons. The number of hydrogen-bond donors (Lipinski definition) is 4. The van der Waals surface area contributed by atoms with Gasteiger partial charge < -0.3 is 20.5 Å². The minimum Gasteiger partial charge on any atom is -0.481 e. The van der Waals surface area contributed by atoms with Gasteiger partial charge in [-0.15, -0.1) is 0 Å². The Morgan fingerprint density at radius 1 is 1.07 bits per heavy atom. The van der Waals surface area contributed by atoms with E-state index in [0.717, 1.165) is 4.90 Å². The summed E-state index contributed by atoms with van der Waals surface area (Å²) < 4.78 is 0. The van der Waals surface area contributed by atoms with Crippen molar-refractivity contribution in [1.82, 2.24) is 4.90 Å². The first kappa shape index (κ1) is 21.0. The first-order valence-electron chi connectivity index (χ1n) is 8.52. The zero-order chi connectivity index (χ0) is 20.0. The number of hydrogen-bond acceptors (Lipinski definition) is 6. The number of carbonyl (C=O) groups is 3. The number of carboxylic acids is 1. The number of unbranched alkanes of at least 4 members (excludes halogenated alkanes) is 3. The third kappa shape index (κ3) is 5.32. The van der Waals surface area contributed by atoms with E-state index in [-0.39, 0.29) is 34.8 Å².